The molecular formula is C19H14O2P+. The van der Waals surface area contributed by atoms with Crippen molar-refractivity contribution in [1.82, 2.24) is 0 Å². The molecule has 0 saturated carbocycles. The quantitative estimate of drug-likeness (QED) is 0.386. The first-order chi connectivity index (χ1) is 10.7. The summed E-state index contributed by atoms with van der Waals surface area (Å²) in [6, 6.07) is 22.1. The van der Waals surface area contributed by atoms with Gasteiger partial charge in [-0.2, -0.15) is 0 Å². The molecule has 0 spiro atoms. The molecule has 1 aromatic heterocycles. The molecule has 4 aromatic rings. The molecule has 0 saturated heterocycles. The van der Waals surface area contributed by atoms with E-state index in [0.717, 1.165) is 27.0 Å². The number of hydrogen-bond donors (Lipinski definition) is 0. The molecule has 0 aliphatic carbocycles. The van der Waals surface area contributed by atoms with Crippen molar-refractivity contribution in [2.75, 3.05) is 0 Å². The van der Waals surface area contributed by atoms with Gasteiger partial charge in [-0.25, -0.2) is 4.20 Å². The van der Waals surface area contributed by atoms with Crippen molar-refractivity contribution in [3.05, 3.63) is 72.3 Å². The van der Waals surface area contributed by atoms with E-state index in [9.17, 15) is 4.57 Å². The Hall–Kier alpha value is -2.44. The third kappa shape index (κ3) is 2.04. The second-order valence-electron chi connectivity index (χ2n) is 5.41. The summed E-state index contributed by atoms with van der Waals surface area (Å²) < 4.78 is 18.2. The molecule has 3 aromatic carbocycles. The lowest BCUT2D eigenvalue weighted by atomic mass is 10.0. The molecule has 2 nitrogen and oxygen atoms in total. The van der Waals surface area contributed by atoms with E-state index in [4.69, 9.17) is 4.20 Å². The number of benzene rings is 3. The van der Waals surface area contributed by atoms with Crippen LogP contribution in [0.4, 0.5) is 0 Å². The summed E-state index contributed by atoms with van der Waals surface area (Å²) in [5.41, 5.74) is 3.98. The summed E-state index contributed by atoms with van der Waals surface area (Å²) in [7, 11) is -1.86. The van der Waals surface area contributed by atoms with Gasteiger partial charge in [0, 0.05) is 16.3 Å². The van der Waals surface area contributed by atoms with E-state index in [1.807, 2.05) is 42.5 Å². The van der Waals surface area contributed by atoms with E-state index in [-0.39, 0.29) is 0 Å². The second kappa shape index (κ2) is 5.08. The SMILES string of the molecule is Cc1ccc(-c2cccc3c2o[p+](=O)c2ccccc32)cc1. The molecular weight excluding hydrogens is 291 g/mol. The van der Waals surface area contributed by atoms with Gasteiger partial charge < -0.3 is 0 Å². The lowest BCUT2D eigenvalue weighted by molar-refractivity contribution is 0.563. The Morgan fingerprint density at radius 3 is 2.36 bits per heavy atom. The van der Waals surface area contributed by atoms with Crippen molar-refractivity contribution < 1.29 is 8.76 Å². The highest BCUT2D eigenvalue weighted by Gasteiger charge is 2.18. The van der Waals surface area contributed by atoms with Crippen LogP contribution in [-0.2, 0) is 4.57 Å². The van der Waals surface area contributed by atoms with Gasteiger partial charge in [-0.1, -0.05) is 60.2 Å². The van der Waals surface area contributed by atoms with Crippen molar-refractivity contribution in [2.24, 2.45) is 0 Å². The summed E-state index contributed by atoms with van der Waals surface area (Å²) >= 11 is 0. The lowest BCUT2D eigenvalue weighted by Gasteiger charge is -2.04. The first-order valence-electron chi connectivity index (χ1n) is 7.19. The molecule has 22 heavy (non-hydrogen) atoms. The second-order valence-corrected chi connectivity index (χ2v) is 6.59. The van der Waals surface area contributed by atoms with Crippen LogP contribution in [0.1, 0.15) is 5.56 Å². The predicted molar refractivity (Wildman–Crippen MR) is 91.5 cm³/mol. The molecule has 1 heterocycles. The van der Waals surface area contributed by atoms with Crippen molar-refractivity contribution in [3.8, 4) is 11.1 Å². The third-order valence-corrected chi connectivity index (χ3v) is 5.07. The fourth-order valence-electron chi connectivity index (χ4n) is 2.80. The van der Waals surface area contributed by atoms with E-state index >= 15 is 0 Å². The first kappa shape index (κ1) is 13.2. The van der Waals surface area contributed by atoms with Gasteiger partial charge >= 0.3 is 7.65 Å². The molecule has 0 fully saturated rings. The Morgan fingerprint density at radius 1 is 0.818 bits per heavy atom. The van der Waals surface area contributed by atoms with Gasteiger partial charge in [0.25, 0.3) is 0 Å². The van der Waals surface area contributed by atoms with Crippen LogP contribution < -0.4 is 0 Å². The van der Waals surface area contributed by atoms with Crippen LogP contribution in [0.25, 0.3) is 32.6 Å². The molecule has 0 N–H and O–H groups in total. The summed E-state index contributed by atoms with van der Waals surface area (Å²) in [4.78, 5) is 0. The normalized spacial score (nSPS) is 12.0. The highest BCUT2D eigenvalue weighted by molar-refractivity contribution is 7.37. The van der Waals surface area contributed by atoms with Crippen LogP contribution in [-0.4, -0.2) is 0 Å². The minimum Gasteiger partial charge on any atom is -0.249 e. The van der Waals surface area contributed by atoms with E-state index in [2.05, 4.69) is 31.2 Å². The van der Waals surface area contributed by atoms with Gasteiger partial charge in [-0.15, -0.1) is 0 Å². The van der Waals surface area contributed by atoms with Crippen LogP contribution >= 0.6 is 7.65 Å². The Kier molecular flexibility index (Phi) is 3.06. The molecule has 4 rings (SSSR count). The monoisotopic (exact) mass is 305 g/mol. The summed E-state index contributed by atoms with van der Waals surface area (Å²) in [5.74, 6) is 0. The minimum absolute atomic E-state index is 0.714. The highest BCUT2D eigenvalue weighted by Crippen LogP contribution is 2.39. The van der Waals surface area contributed by atoms with Gasteiger partial charge in [-0.3, -0.25) is 0 Å². The standard InChI is InChI=1S/C19H14O2P/c1-13-9-11-14(12-10-13)15-6-4-7-17-16-5-2-3-8-18(16)22(20)21-19(15)17/h2-12H,1H3/q+1. The fourth-order valence-corrected chi connectivity index (χ4v) is 3.86. The zero-order chi connectivity index (χ0) is 15.1. The molecule has 0 bridgehead atoms. The van der Waals surface area contributed by atoms with Crippen molar-refractivity contribution in [1.29, 1.82) is 0 Å². The Bertz CT molecular complexity index is 1050. The number of aryl methyl sites for hydroxylation is 1. The van der Waals surface area contributed by atoms with Crippen molar-refractivity contribution in [3.63, 3.8) is 0 Å². The smallest absolute Gasteiger partial charge is 0.249 e. The Labute approximate surface area is 128 Å². The van der Waals surface area contributed by atoms with Crippen molar-refractivity contribution >= 4 is 29.1 Å². The summed E-state index contributed by atoms with van der Waals surface area (Å²) in [5, 5.41) is 2.77. The molecule has 0 radical (unpaired) electrons. The van der Waals surface area contributed by atoms with Gasteiger partial charge in [0.15, 0.2) is 0 Å². The predicted octanol–water partition coefficient (Wildman–Crippen LogP) is 6.30. The molecule has 3 heteroatoms. The molecule has 0 aliphatic rings. The number of rotatable bonds is 1. The molecule has 106 valence electrons. The van der Waals surface area contributed by atoms with Gasteiger partial charge in [-0.05, 0) is 29.2 Å². The topological polar surface area (TPSA) is 30.2 Å². The maximum Gasteiger partial charge on any atom is 0.597 e. The molecule has 0 aliphatic heterocycles. The van der Waals surface area contributed by atoms with E-state index < -0.39 is 7.65 Å². The van der Waals surface area contributed by atoms with E-state index in [1.165, 1.54) is 5.56 Å². The number of hydrogen-bond acceptors (Lipinski definition) is 2. The zero-order valence-electron chi connectivity index (χ0n) is 12.1. The number of para-hydroxylation sites is 1. The van der Waals surface area contributed by atoms with Crippen LogP contribution in [0, 0.1) is 6.92 Å². The Morgan fingerprint density at radius 2 is 1.55 bits per heavy atom. The van der Waals surface area contributed by atoms with Crippen LogP contribution in [0.3, 0.4) is 0 Å². The van der Waals surface area contributed by atoms with Crippen LogP contribution in [0.15, 0.2) is 70.9 Å². The average Bonchev–Trinajstić information content (AvgIpc) is 2.56. The van der Waals surface area contributed by atoms with Crippen LogP contribution in [0.2, 0.25) is 0 Å². The number of fused-ring (bicyclic) bond motifs is 3. The highest BCUT2D eigenvalue weighted by atomic mass is 31.1. The van der Waals surface area contributed by atoms with E-state index in [0.29, 0.717) is 5.58 Å². The molecule has 0 amide bonds. The minimum atomic E-state index is -1.86. The molecule has 1 unspecified atom stereocenters. The average molecular weight is 305 g/mol. The summed E-state index contributed by atoms with van der Waals surface area (Å²) in [6.07, 6.45) is 0. The lowest BCUT2D eigenvalue weighted by Crippen LogP contribution is -1.82. The third-order valence-electron chi connectivity index (χ3n) is 3.94. The Balaban J connectivity index is 2.13. The van der Waals surface area contributed by atoms with Crippen LogP contribution in [0.5, 0.6) is 0 Å². The maximum absolute atomic E-state index is 12.4. The first-order valence-corrected chi connectivity index (χ1v) is 8.36. The van der Waals surface area contributed by atoms with Gasteiger partial charge in [0.05, 0.1) is 0 Å². The largest absolute Gasteiger partial charge is 0.597 e. The van der Waals surface area contributed by atoms with Crippen molar-refractivity contribution in [2.45, 2.75) is 6.92 Å². The fraction of sp³-hybridized carbons (Fsp3) is 0.0526. The zero-order valence-corrected chi connectivity index (χ0v) is 13.0. The molecule has 1 atom stereocenters. The maximum atomic E-state index is 12.4. The van der Waals surface area contributed by atoms with Gasteiger partial charge in [0.1, 0.15) is 0 Å². The summed E-state index contributed by atoms with van der Waals surface area (Å²) in [6.45, 7) is 2.06. The van der Waals surface area contributed by atoms with Gasteiger partial charge in [0.2, 0.25) is 10.7 Å². The van der Waals surface area contributed by atoms with E-state index in [1.54, 1.807) is 0 Å².